The molecule has 9 heavy (non-hydrogen) atoms. The summed E-state index contributed by atoms with van der Waals surface area (Å²) in [4.78, 5) is 10.5. The molecule has 0 spiro atoms. The summed E-state index contributed by atoms with van der Waals surface area (Å²) in [7, 11) is 0. The topological polar surface area (TPSA) is 40.4 Å². The van der Waals surface area contributed by atoms with Gasteiger partial charge < -0.3 is 4.74 Å². The number of amides is 1. The van der Waals surface area contributed by atoms with Crippen molar-refractivity contribution in [2.45, 2.75) is 26.9 Å². The van der Waals surface area contributed by atoms with E-state index < -0.39 is 6.09 Å². The first-order valence-electron chi connectivity index (χ1n) is 3.05. The number of carbonyl (C=O) groups is 1. The molecule has 0 aromatic heterocycles. The molecule has 0 bridgehead atoms. The largest absolute Gasteiger partial charge is 0.445 e. The number of hydrogen-bond donors (Lipinski definition) is 0. The van der Waals surface area contributed by atoms with Crippen molar-refractivity contribution in [1.82, 2.24) is 5.32 Å². The van der Waals surface area contributed by atoms with Crippen LogP contribution in [0.3, 0.4) is 0 Å². The van der Waals surface area contributed by atoms with Gasteiger partial charge in [-0.15, -0.1) is 0 Å². The molecule has 1 amide bonds. The van der Waals surface area contributed by atoms with Crippen molar-refractivity contribution < 1.29 is 9.53 Å². The third-order valence-electron chi connectivity index (χ3n) is 0.624. The molecule has 0 aromatic rings. The molecule has 0 saturated heterocycles. The van der Waals surface area contributed by atoms with E-state index in [1.807, 2.05) is 0 Å². The summed E-state index contributed by atoms with van der Waals surface area (Å²) < 4.78 is 4.69. The van der Waals surface area contributed by atoms with Gasteiger partial charge in [0.25, 0.3) is 0 Å². The van der Waals surface area contributed by atoms with Crippen molar-refractivity contribution in [3.8, 4) is 0 Å². The van der Waals surface area contributed by atoms with Gasteiger partial charge in [0.15, 0.2) is 0 Å². The molecule has 0 atom stereocenters. The summed E-state index contributed by atoms with van der Waals surface area (Å²) in [6, 6.07) is 0. The Kier molecular flexibility index (Phi) is 3.84. The van der Waals surface area contributed by atoms with Crippen LogP contribution in [0.15, 0.2) is 0 Å². The lowest BCUT2D eigenvalue weighted by Crippen LogP contribution is -2.19. The van der Waals surface area contributed by atoms with E-state index in [4.69, 9.17) is 0 Å². The molecule has 3 nitrogen and oxygen atoms in total. The molecule has 0 heterocycles. The normalized spacial score (nSPS) is 9.33. The van der Waals surface area contributed by atoms with Crippen molar-refractivity contribution >= 4 is 6.09 Å². The lowest BCUT2D eigenvalue weighted by atomic mass is 10.5. The minimum absolute atomic E-state index is 0.0622. The quantitative estimate of drug-likeness (QED) is 0.562. The molecule has 0 unspecified atom stereocenters. The first-order chi connectivity index (χ1) is 4.16. The summed E-state index contributed by atoms with van der Waals surface area (Å²) in [6.07, 6.45) is -0.528. The smallest absolute Gasteiger partial charge is 0.429 e. The Morgan fingerprint density at radius 2 is 2.22 bits per heavy atom. The summed E-state index contributed by atoms with van der Waals surface area (Å²) in [5.74, 6) is 0. The number of hydrogen-bond acceptors (Lipinski definition) is 2. The molecule has 0 aliphatic carbocycles. The van der Waals surface area contributed by atoms with Crippen LogP contribution in [0.4, 0.5) is 4.79 Å². The molecule has 0 N–H and O–H groups in total. The Labute approximate surface area is 55.4 Å². The van der Waals surface area contributed by atoms with E-state index in [0.29, 0.717) is 6.54 Å². The monoisotopic (exact) mass is 130 g/mol. The van der Waals surface area contributed by atoms with E-state index in [1.165, 1.54) is 0 Å². The average Bonchev–Trinajstić information content (AvgIpc) is 1.63. The van der Waals surface area contributed by atoms with E-state index in [9.17, 15) is 4.79 Å². The molecule has 3 heteroatoms. The van der Waals surface area contributed by atoms with E-state index in [0.717, 1.165) is 0 Å². The highest BCUT2D eigenvalue weighted by Crippen LogP contribution is 1.87. The van der Waals surface area contributed by atoms with Gasteiger partial charge in [0.2, 0.25) is 0 Å². The number of rotatable bonds is 2. The van der Waals surface area contributed by atoms with E-state index in [2.05, 4.69) is 10.1 Å². The Hall–Kier alpha value is -0.730. The van der Waals surface area contributed by atoms with E-state index in [-0.39, 0.29) is 6.10 Å². The number of nitrogens with zero attached hydrogens (tertiary/aromatic N) is 1. The average molecular weight is 130 g/mol. The zero-order valence-electron chi connectivity index (χ0n) is 6.05. The lowest BCUT2D eigenvalue weighted by Gasteiger charge is -2.04. The molecule has 0 aliphatic rings. The van der Waals surface area contributed by atoms with Crippen molar-refractivity contribution in [1.29, 1.82) is 0 Å². The SMILES string of the molecule is CC[N]C(=O)OC(C)C. The first kappa shape index (κ1) is 8.27. The van der Waals surface area contributed by atoms with Gasteiger partial charge in [-0.2, -0.15) is 0 Å². The highest BCUT2D eigenvalue weighted by atomic mass is 16.6. The highest BCUT2D eigenvalue weighted by Gasteiger charge is 2.02. The fourth-order valence-corrected chi connectivity index (χ4v) is 0.368. The Morgan fingerprint density at radius 3 is 2.56 bits per heavy atom. The highest BCUT2D eigenvalue weighted by molar-refractivity contribution is 5.66. The van der Waals surface area contributed by atoms with Gasteiger partial charge in [-0.3, -0.25) is 0 Å². The number of ether oxygens (including phenoxy) is 1. The maximum absolute atomic E-state index is 10.5. The standard InChI is InChI=1S/C6H12NO2/c1-4-7-6(8)9-5(2)3/h5H,4H2,1-3H3. The van der Waals surface area contributed by atoms with Crippen molar-refractivity contribution in [2.24, 2.45) is 0 Å². The van der Waals surface area contributed by atoms with Crippen LogP contribution in [0.25, 0.3) is 0 Å². The second kappa shape index (κ2) is 4.18. The molecular formula is C6H12NO2. The second-order valence-corrected chi connectivity index (χ2v) is 1.91. The third-order valence-corrected chi connectivity index (χ3v) is 0.624. The lowest BCUT2D eigenvalue weighted by molar-refractivity contribution is 0.115. The molecule has 0 aromatic carbocycles. The first-order valence-corrected chi connectivity index (χ1v) is 3.05. The molecule has 1 radical (unpaired) electrons. The summed E-state index contributed by atoms with van der Waals surface area (Å²) in [5, 5.41) is 3.50. The van der Waals surface area contributed by atoms with Gasteiger partial charge in [-0.05, 0) is 20.8 Å². The van der Waals surface area contributed by atoms with Crippen LogP contribution in [-0.2, 0) is 4.74 Å². The molecule has 0 aliphatic heterocycles. The Bertz CT molecular complexity index is 91.1. The third kappa shape index (κ3) is 5.14. The maximum Gasteiger partial charge on any atom is 0.429 e. The van der Waals surface area contributed by atoms with Crippen molar-refractivity contribution in [2.75, 3.05) is 6.54 Å². The van der Waals surface area contributed by atoms with E-state index >= 15 is 0 Å². The fourth-order valence-electron chi connectivity index (χ4n) is 0.368. The molecule has 53 valence electrons. The minimum Gasteiger partial charge on any atom is -0.445 e. The van der Waals surface area contributed by atoms with Crippen LogP contribution in [0, 0.1) is 0 Å². The maximum atomic E-state index is 10.5. The van der Waals surface area contributed by atoms with Crippen LogP contribution in [0.2, 0.25) is 0 Å². The molecule has 0 rings (SSSR count). The fraction of sp³-hybridized carbons (Fsp3) is 0.833. The van der Waals surface area contributed by atoms with Gasteiger partial charge in [0.1, 0.15) is 0 Å². The Morgan fingerprint density at radius 1 is 1.67 bits per heavy atom. The van der Waals surface area contributed by atoms with Gasteiger partial charge in [0, 0.05) is 6.54 Å². The predicted octanol–water partition coefficient (Wildman–Crippen LogP) is 1.16. The van der Waals surface area contributed by atoms with Gasteiger partial charge in [-0.1, -0.05) is 0 Å². The Balaban J connectivity index is 3.27. The second-order valence-electron chi connectivity index (χ2n) is 1.91. The summed E-state index contributed by atoms with van der Waals surface area (Å²) >= 11 is 0. The van der Waals surface area contributed by atoms with Gasteiger partial charge in [0.05, 0.1) is 6.10 Å². The summed E-state index contributed by atoms with van der Waals surface area (Å²) in [6.45, 7) is 5.87. The summed E-state index contributed by atoms with van der Waals surface area (Å²) in [5.41, 5.74) is 0. The van der Waals surface area contributed by atoms with Crippen LogP contribution in [-0.4, -0.2) is 18.7 Å². The minimum atomic E-state index is -0.465. The zero-order valence-corrected chi connectivity index (χ0v) is 6.05. The van der Waals surface area contributed by atoms with Crippen LogP contribution in [0.1, 0.15) is 20.8 Å². The van der Waals surface area contributed by atoms with Crippen LogP contribution in [0.5, 0.6) is 0 Å². The van der Waals surface area contributed by atoms with Crippen LogP contribution < -0.4 is 5.32 Å². The predicted molar refractivity (Wildman–Crippen MR) is 34.3 cm³/mol. The zero-order chi connectivity index (χ0) is 7.28. The van der Waals surface area contributed by atoms with Gasteiger partial charge in [-0.25, -0.2) is 10.1 Å². The molecule has 0 fully saturated rings. The van der Waals surface area contributed by atoms with Crippen molar-refractivity contribution in [3.05, 3.63) is 0 Å². The van der Waals surface area contributed by atoms with E-state index in [1.54, 1.807) is 20.8 Å². The van der Waals surface area contributed by atoms with Crippen molar-refractivity contribution in [3.63, 3.8) is 0 Å². The molecule has 0 saturated carbocycles. The molecular weight excluding hydrogens is 118 g/mol. The van der Waals surface area contributed by atoms with Gasteiger partial charge >= 0.3 is 6.09 Å². The number of carbonyl (C=O) groups excluding carboxylic acids is 1. The van der Waals surface area contributed by atoms with Crippen LogP contribution >= 0.6 is 0 Å².